The average Bonchev–Trinajstić information content (AvgIpc) is 3.10. The van der Waals surface area contributed by atoms with Crippen LogP contribution < -0.4 is 5.32 Å². The van der Waals surface area contributed by atoms with Crippen molar-refractivity contribution in [1.82, 2.24) is 0 Å². The average molecular weight is 316 g/mol. The normalized spacial score (nSPS) is 29.0. The van der Waals surface area contributed by atoms with Gasteiger partial charge < -0.3 is 5.32 Å². The molecule has 2 aromatic rings. The quantitative estimate of drug-likeness (QED) is 0.765. The second-order valence-electron chi connectivity index (χ2n) is 6.41. The molecule has 2 aliphatic rings. The van der Waals surface area contributed by atoms with Crippen LogP contribution in [-0.2, 0) is 0 Å². The van der Waals surface area contributed by atoms with Crippen molar-refractivity contribution in [2.24, 2.45) is 10.9 Å². The van der Waals surface area contributed by atoms with Crippen LogP contribution in [0.25, 0.3) is 10.1 Å². The summed E-state index contributed by atoms with van der Waals surface area (Å²) in [5.41, 5.74) is 1.39. The highest BCUT2D eigenvalue weighted by atomic mass is 32.2. The van der Waals surface area contributed by atoms with E-state index in [9.17, 15) is 0 Å². The first-order valence-corrected chi connectivity index (χ1v) is 9.56. The van der Waals surface area contributed by atoms with Gasteiger partial charge in [0.2, 0.25) is 0 Å². The van der Waals surface area contributed by atoms with E-state index < -0.39 is 0 Å². The minimum atomic E-state index is 0.228. The summed E-state index contributed by atoms with van der Waals surface area (Å²) in [5, 5.41) is 8.10. The molecule has 1 aliphatic heterocycles. The smallest absolute Gasteiger partial charge is 0.161 e. The number of nitrogens with zero attached hydrogens (tertiary/aromatic N) is 1. The van der Waals surface area contributed by atoms with Gasteiger partial charge in [-0.15, -0.1) is 11.3 Å². The maximum atomic E-state index is 5.05. The summed E-state index contributed by atoms with van der Waals surface area (Å²) in [4.78, 5) is 5.05. The number of thiophene rings is 1. The number of hydrogen-bond donors (Lipinski definition) is 1. The van der Waals surface area contributed by atoms with Gasteiger partial charge in [-0.25, -0.2) is 0 Å². The first-order chi connectivity index (χ1) is 10.2. The lowest BCUT2D eigenvalue weighted by molar-refractivity contribution is 0.273. The number of rotatable bonds is 1. The first kappa shape index (κ1) is 13.6. The number of amidine groups is 1. The third kappa shape index (κ3) is 2.71. The van der Waals surface area contributed by atoms with Gasteiger partial charge in [0.15, 0.2) is 5.17 Å². The molecule has 1 N–H and O–H groups in total. The van der Waals surface area contributed by atoms with Crippen molar-refractivity contribution in [2.45, 2.75) is 38.1 Å². The Labute approximate surface area is 134 Å². The standard InChI is InChI=1S/C17H20N2S2/c1-12-4-7-17(8-5-12)11-21-16(19-17)18-14-2-3-15-13(10-14)6-9-20-15/h2-3,6,9-10,12H,4-5,7-8,11H2,1H3,(H,18,19). The van der Waals surface area contributed by atoms with Crippen LogP contribution in [0.2, 0.25) is 0 Å². The fourth-order valence-electron chi connectivity index (χ4n) is 3.27. The van der Waals surface area contributed by atoms with E-state index in [0.717, 1.165) is 22.5 Å². The lowest BCUT2D eigenvalue weighted by Crippen LogP contribution is -2.32. The van der Waals surface area contributed by atoms with Crippen molar-refractivity contribution in [3.05, 3.63) is 29.6 Å². The molecular weight excluding hydrogens is 296 g/mol. The van der Waals surface area contributed by atoms with Crippen LogP contribution in [0.15, 0.2) is 34.6 Å². The van der Waals surface area contributed by atoms with Crippen molar-refractivity contribution >= 4 is 44.0 Å². The minimum Gasteiger partial charge on any atom is -0.335 e. The molecule has 0 saturated heterocycles. The predicted molar refractivity (Wildman–Crippen MR) is 95.7 cm³/mol. The molecule has 2 nitrogen and oxygen atoms in total. The second kappa shape index (κ2) is 5.33. The fraction of sp³-hybridized carbons (Fsp3) is 0.471. The first-order valence-electron chi connectivity index (χ1n) is 7.69. The number of benzene rings is 1. The van der Waals surface area contributed by atoms with Gasteiger partial charge in [-0.2, -0.15) is 0 Å². The molecule has 4 heteroatoms. The Morgan fingerprint density at radius 3 is 2.95 bits per heavy atom. The molecule has 1 aliphatic carbocycles. The lowest BCUT2D eigenvalue weighted by atomic mass is 9.79. The van der Waals surface area contributed by atoms with Crippen LogP contribution in [0.1, 0.15) is 32.6 Å². The van der Waals surface area contributed by atoms with E-state index in [1.807, 2.05) is 11.8 Å². The SMILES string of the molecule is CC1CCC2(CC1)CSC(Nc1ccc3sccc3c1)=N2. The van der Waals surface area contributed by atoms with Crippen molar-refractivity contribution in [3.63, 3.8) is 0 Å². The third-order valence-corrected chi connectivity index (χ3v) is 6.77. The Bertz CT molecular complexity index is 681. The predicted octanol–water partition coefficient (Wildman–Crippen LogP) is 5.36. The molecule has 21 heavy (non-hydrogen) atoms. The molecule has 0 bridgehead atoms. The summed E-state index contributed by atoms with van der Waals surface area (Å²) < 4.78 is 1.35. The number of hydrogen-bond acceptors (Lipinski definition) is 4. The highest BCUT2D eigenvalue weighted by molar-refractivity contribution is 8.14. The molecule has 0 unspecified atom stereocenters. The highest BCUT2D eigenvalue weighted by Gasteiger charge is 2.38. The van der Waals surface area contributed by atoms with E-state index in [-0.39, 0.29) is 5.54 Å². The monoisotopic (exact) mass is 316 g/mol. The zero-order valence-electron chi connectivity index (χ0n) is 12.3. The zero-order valence-corrected chi connectivity index (χ0v) is 13.9. The molecule has 1 spiro atoms. The highest BCUT2D eigenvalue weighted by Crippen LogP contribution is 2.41. The molecule has 2 heterocycles. The maximum Gasteiger partial charge on any atom is 0.161 e. The number of fused-ring (bicyclic) bond motifs is 1. The van der Waals surface area contributed by atoms with Crippen LogP contribution in [0.3, 0.4) is 0 Å². The molecule has 4 rings (SSSR count). The molecule has 110 valence electrons. The summed E-state index contributed by atoms with van der Waals surface area (Å²) in [6.07, 6.45) is 5.18. The van der Waals surface area contributed by atoms with Crippen LogP contribution in [0.4, 0.5) is 5.69 Å². The van der Waals surface area contributed by atoms with Gasteiger partial charge in [0.1, 0.15) is 0 Å². The van der Waals surface area contributed by atoms with E-state index in [1.54, 1.807) is 11.3 Å². The summed E-state index contributed by atoms with van der Waals surface area (Å²) in [5.74, 6) is 2.04. The molecule has 1 aromatic heterocycles. The molecule has 0 amide bonds. The summed E-state index contributed by atoms with van der Waals surface area (Å²) in [7, 11) is 0. The van der Waals surface area contributed by atoms with Gasteiger partial charge in [-0.05, 0) is 66.6 Å². The van der Waals surface area contributed by atoms with Gasteiger partial charge in [0.25, 0.3) is 0 Å². The number of aliphatic imine (C=N–C) groups is 1. The van der Waals surface area contributed by atoms with E-state index in [0.29, 0.717) is 0 Å². The van der Waals surface area contributed by atoms with E-state index in [1.165, 1.54) is 35.8 Å². The Morgan fingerprint density at radius 1 is 1.24 bits per heavy atom. The molecular formula is C17H20N2S2. The number of nitrogens with one attached hydrogen (secondary N) is 1. The Kier molecular flexibility index (Phi) is 3.46. The van der Waals surface area contributed by atoms with Crippen molar-refractivity contribution in [2.75, 3.05) is 11.1 Å². The Hall–Kier alpha value is -1.00. The van der Waals surface area contributed by atoms with Gasteiger partial charge in [-0.1, -0.05) is 18.7 Å². The maximum absolute atomic E-state index is 5.05. The van der Waals surface area contributed by atoms with Gasteiger partial charge in [-0.3, -0.25) is 4.99 Å². The van der Waals surface area contributed by atoms with Gasteiger partial charge >= 0.3 is 0 Å². The van der Waals surface area contributed by atoms with Gasteiger partial charge in [0, 0.05) is 16.1 Å². The molecule has 1 saturated carbocycles. The number of anilines is 1. The van der Waals surface area contributed by atoms with Gasteiger partial charge in [0.05, 0.1) is 5.54 Å². The molecule has 1 aromatic carbocycles. The largest absolute Gasteiger partial charge is 0.335 e. The van der Waals surface area contributed by atoms with Crippen LogP contribution in [-0.4, -0.2) is 16.5 Å². The van der Waals surface area contributed by atoms with Crippen LogP contribution in [0.5, 0.6) is 0 Å². The topological polar surface area (TPSA) is 24.4 Å². The van der Waals surface area contributed by atoms with Crippen molar-refractivity contribution < 1.29 is 0 Å². The Morgan fingerprint density at radius 2 is 2.10 bits per heavy atom. The summed E-state index contributed by atoms with van der Waals surface area (Å²) in [6, 6.07) is 8.76. The van der Waals surface area contributed by atoms with E-state index in [4.69, 9.17) is 4.99 Å². The van der Waals surface area contributed by atoms with Crippen molar-refractivity contribution in [1.29, 1.82) is 0 Å². The number of thioether (sulfide) groups is 1. The lowest BCUT2D eigenvalue weighted by Gasteiger charge is -2.32. The Balaban J connectivity index is 1.52. The summed E-state index contributed by atoms with van der Waals surface area (Å²) >= 11 is 3.69. The van der Waals surface area contributed by atoms with E-state index in [2.05, 4.69) is 41.9 Å². The van der Waals surface area contributed by atoms with Crippen LogP contribution >= 0.6 is 23.1 Å². The zero-order chi connectivity index (χ0) is 14.3. The fourth-order valence-corrected chi connectivity index (χ4v) is 5.25. The molecule has 0 atom stereocenters. The van der Waals surface area contributed by atoms with Crippen molar-refractivity contribution in [3.8, 4) is 0 Å². The van der Waals surface area contributed by atoms with E-state index >= 15 is 0 Å². The van der Waals surface area contributed by atoms with Crippen LogP contribution in [0, 0.1) is 5.92 Å². The molecule has 1 fully saturated rings. The molecule has 0 radical (unpaired) electrons. The minimum absolute atomic E-state index is 0.228. The second-order valence-corrected chi connectivity index (χ2v) is 8.32. The third-order valence-electron chi connectivity index (χ3n) is 4.72. The summed E-state index contributed by atoms with van der Waals surface area (Å²) in [6.45, 7) is 2.37.